The van der Waals surface area contributed by atoms with E-state index in [0.717, 1.165) is 34.3 Å². The van der Waals surface area contributed by atoms with Crippen molar-refractivity contribution in [3.8, 4) is 0 Å². The Morgan fingerprint density at radius 1 is 1.04 bits per heavy atom. The van der Waals surface area contributed by atoms with E-state index < -0.39 is 28.9 Å². The highest BCUT2D eigenvalue weighted by atomic mass is 19.2. The fourth-order valence-corrected chi connectivity index (χ4v) is 3.23. The minimum absolute atomic E-state index is 0.279. The number of nitrogens with zero attached hydrogens (tertiary/aromatic N) is 1. The summed E-state index contributed by atoms with van der Waals surface area (Å²) in [6.07, 6.45) is 0.621. The smallest absolute Gasteiger partial charge is 0.257 e. The molecule has 0 bridgehead atoms. The number of nitrogens with one attached hydrogen (secondary N) is 1. The van der Waals surface area contributed by atoms with E-state index in [4.69, 9.17) is 0 Å². The number of fused-ring (bicyclic) bond motifs is 3. The molecule has 0 aliphatic carbocycles. The average molecular weight is 330 g/mol. The standard InChI is InChI=1S/C18H13F3N2O/c19-13-6-5-12(16(20)17(13)21)18(24)23-8-7-11-10-3-1-2-4-14(10)22-15(11)9-23/h1-6,22H,7-9H2. The van der Waals surface area contributed by atoms with Gasteiger partial charge in [-0.3, -0.25) is 4.79 Å². The van der Waals surface area contributed by atoms with E-state index in [1.165, 1.54) is 4.90 Å². The van der Waals surface area contributed by atoms with Crippen molar-refractivity contribution in [1.29, 1.82) is 0 Å². The Morgan fingerprint density at radius 2 is 1.83 bits per heavy atom. The lowest BCUT2D eigenvalue weighted by atomic mass is 10.0. The third kappa shape index (κ3) is 2.18. The van der Waals surface area contributed by atoms with Crippen LogP contribution in [-0.2, 0) is 13.0 Å². The number of benzene rings is 2. The van der Waals surface area contributed by atoms with Gasteiger partial charge >= 0.3 is 0 Å². The fourth-order valence-electron chi connectivity index (χ4n) is 3.23. The molecular formula is C18H13F3N2O. The Hall–Kier alpha value is -2.76. The molecule has 122 valence electrons. The fraction of sp³-hybridized carbons (Fsp3) is 0.167. The molecule has 0 unspecified atom stereocenters. The first-order chi connectivity index (χ1) is 11.6. The molecule has 3 aromatic rings. The molecule has 3 nitrogen and oxygen atoms in total. The van der Waals surface area contributed by atoms with Crippen LogP contribution in [0, 0.1) is 17.5 Å². The summed E-state index contributed by atoms with van der Waals surface area (Å²) in [7, 11) is 0. The second-order valence-corrected chi connectivity index (χ2v) is 5.83. The topological polar surface area (TPSA) is 36.1 Å². The summed E-state index contributed by atoms with van der Waals surface area (Å²) in [4.78, 5) is 17.2. The molecular weight excluding hydrogens is 317 g/mol. The van der Waals surface area contributed by atoms with Crippen LogP contribution in [0.25, 0.3) is 10.9 Å². The summed E-state index contributed by atoms with van der Waals surface area (Å²) >= 11 is 0. The van der Waals surface area contributed by atoms with Gasteiger partial charge in [0.2, 0.25) is 0 Å². The molecule has 0 radical (unpaired) electrons. The van der Waals surface area contributed by atoms with Crippen LogP contribution in [-0.4, -0.2) is 22.3 Å². The van der Waals surface area contributed by atoms with Crippen LogP contribution >= 0.6 is 0 Å². The number of aromatic amines is 1. The van der Waals surface area contributed by atoms with Gasteiger partial charge in [-0.05, 0) is 30.2 Å². The van der Waals surface area contributed by atoms with Crippen molar-refractivity contribution in [1.82, 2.24) is 9.88 Å². The van der Waals surface area contributed by atoms with Gasteiger partial charge in [-0.1, -0.05) is 18.2 Å². The highest BCUT2D eigenvalue weighted by Gasteiger charge is 2.27. The molecule has 0 saturated heterocycles. The molecule has 0 saturated carbocycles. The number of carbonyl (C=O) groups excluding carboxylic acids is 1. The summed E-state index contributed by atoms with van der Waals surface area (Å²) in [6.45, 7) is 0.674. The van der Waals surface area contributed by atoms with Gasteiger partial charge in [0.25, 0.3) is 5.91 Å². The van der Waals surface area contributed by atoms with Crippen molar-refractivity contribution in [3.05, 3.63) is 70.7 Å². The molecule has 0 fully saturated rings. The number of aromatic nitrogens is 1. The van der Waals surface area contributed by atoms with Crippen molar-refractivity contribution < 1.29 is 18.0 Å². The van der Waals surface area contributed by atoms with Gasteiger partial charge in [0.05, 0.1) is 12.1 Å². The Morgan fingerprint density at radius 3 is 2.67 bits per heavy atom. The number of hydrogen-bond donors (Lipinski definition) is 1. The van der Waals surface area contributed by atoms with E-state index >= 15 is 0 Å². The molecule has 1 aliphatic rings. The molecule has 0 atom stereocenters. The van der Waals surface area contributed by atoms with Crippen LogP contribution in [0.1, 0.15) is 21.6 Å². The molecule has 1 N–H and O–H groups in total. The Balaban J connectivity index is 1.67. The third-order valence-corrected chi connectivity index (χ3v) is 4.44. The van der Waals surface area contributed by atoms with Gasteiger partial charge in [-0.25, -0.2) is 13.2 Å². The van der Waals surface area contributed by atoms with Crippen molar-refractivity contribution in [2.24, 2.45) is 0 Å². The summed E-state index contributed by atoms with van der Waals surface area (Å²) in [5.41, 5.74) is 2.56. The first-order valence-electron chi connectivity index (χ1n) is 7.57. The maximum absolute atomic E-state index is 13.9. The van der Waals surface area contributed by atoms with Crippen molar-refractivity contribution in [3.63, 3.8) is 0 Å². The highest BCUT2D eigenvalue weighted by molar-refractivity contribution is 5.95. The van der Waals surface area contributed by atoms with Gasteiger partial charge in [0, 0.05) is 23.1 Å². The van der Waals surface area contributed by atoms with Crippen molar-refractivity contribution in [2.75, 3.05) is 6.54 Å². The lowest BCUT2D eigenvalue weighted by Gasteiger charge is -2.27. The minimum atomic E-state index is -1.62. The lowest BCUT2D eigenvalue weighted by molar-refractivity contribution is 0.0727. The maximum Gasteiger partial charge on any atom is 0.257 e. The van der Waals surface area contributed by atoms with E-state index in [2.05, 4.69) is 4.98 Å². The van der Waals surface area contributed by atoms with Gasteiger partial charge in [-0.15, -0.1) is 0 Å². The number of hydrogen-bond acceptors (Lipinski definition) is 1. The highest BCUT2D eigenvalue weighted by Crippen LogP contribution is 2.28. The molecule has 1 aromatic heterocycles. The van der Waals surface area contributed by atoms with Gasteiger partial charge < -0.3 is 9.88 Å². The number of carbonyl (C=O) groups is 1. The van der Waals surface area contributed by atoms with Crippen LogP contribution in [0.3, 0.4) is 0 Å². The molecule has 4 rings (SSSR count). The Bertz CT molecular complexity index is 964. The van der Waals surface area contributed by atoms with Gasteiger partial charge in [0.15, 0.2) is 17.5 Å². The first kappa shape index (κ1) is 14.8. The average Bonchev–Trinajstić information content (AvgIpc) is 2.97. The molecule has 6 heteroatoms. The largest absolute Gasteiger partial charge is 0.357 e. The Labute approximate surface area is 135 Å². The Kier molecular flexibility index (Phi) is 3.33. The van der Waals surface area contributed by atoms with E-state index in [1.807, 2.05) is 24.3 Å². The normalized spacial score (nSPS) is 14.0. The van der Waals surface area contributed by atoms with E-state index in [9.17, 15) is 18.0 Å². The molecule has 1 aliphatic heterocycles. The number of para-hydroxylation sites is 1. The number of H-pyrrole nitrogens is 1. The van der Waals surface area contributed by atoms with Crippen molar-refractivity contribution in [2.45, 2.75) is 13.0 Å². The first-order valence-corrected chi connectivity index (χ1v) is 7.57. The maximum atomic E-state index is 13.9. The summed E-state index contributed by atoms with van der Waals surface area (Å²) in [6, 6.07) is 9.58. The van der Waals surface area contributed by atoms with Gasteiger partial charge in [0.1, 0.15) is 0 Å². The third-order valence-electron chi connectivity index (χ3n) is 4.44. The van der Waals surface area contributed by atoms with Crippen LogP contribution in [0.15, 0.2) is 36.4 Å². The summed E-state index contributed by atoms with van der Waals surface area (Å²) in [5.74, 6) is -5.01. The molecule has 2 aromatic carbocycles. The van der Waals surface area contributed by atoms with Crippen LogP contribution in [0.5, 0.6) is 0 Å². The van der Waals surface area contributed by atoms with Crippen LogP contribution in [0.4, 0.5) is 13.2 Å². The summed E-state index contributed by atoms with van der Waals surface area (Å²) < 4.78 is 40.3. The van der Waals surface area contributed by atoms with Crippen molar-refractivity contribution >= 4 is 16.8 Å². The van der Waals surface area contributed by atoms with E-state index in [1.54, 1.807) is 0 Å². The lowest BCUT2D eigenvalue weighted by Crippen LogP contribution is -2.36. The number of rotatable bonds is 1. The zero-order valence-electron chi connectivity index (χ0n) is 12.6. The molecule has 0 spiro atoms. The molecule has 2 heterocycles. The zero-order chi connectivity index (χ0) is 16.8. The quantitative estimate of drug-likeness (QED) is 0.677. The monoisotopic (exact) mass is 330 g/mol. The van der Waals surface area contributed by atoms with E-state index in [0.29, 0.717) is 13.0 Å². The summed E-state index contributed by atoms with van der Waals surface area (Å²) in [5, 5.41) is 1.11. The van der Waals surface area contributed by atoms with Gasteiger partial charge in [-0.2, -0.15) is 0 Å². The predicted octanol–water partition coefficient (Wildman–Crippen LogP) is 3.78. The molecule has 24 heavy (non-hydrogen) atoms. The second-order valence-electron chi connectivity index (χ2n) is 5.83. The predicted molar refractivity (Wildman–Crippen MR) is 83.1 cm³/mol. The molecule has 1 amide bonds. The zero-order valence-corrected chi connectivity index (χ0v) is 12.6. The minimum Gasteiger partial charge on any atom is -0.357 e. The van der Waals surface area contributed by atoms with E-state index in [-0.39, 0.29) is 6.54 Å². The van der Waals surface area contributed by atoms with Crippen LogP contribution < -0.4 is 0 Å². The SMILES string of the molecule is O=C(c1ccc(F)c(F)c1F)N1CCc2c([nH]c3ccccc23)C1. The van der Waals surface area contributed by atoms with Crippen LogP contribution in [0.2, 0.25) is 0 Å². The number of amides is 1. The second kappa shape index (κ2) is 5.40. The number of halogens is 3.